The lowest BCUT2D eigenvalue weighted by Gasteiger charge is -1.99. The number of aromatic nitrogens is 1. The molecule has 2 aromatic rings. The van der Waals surface area contributed by atoms with E-state index in [9.17, 15) is 4.79 Å². The Morgan fingerprint density at radius 1 is 1.29 bits per heavy atom. The van der Waals surface area contributed by atoms with E-state index in [1.807, 2.05) is 24.3 Å². The number of halogens is 1. The molecule has 0 atom stereocenters. The molecular formula is C10H7BrN2O. The first kappa shape index (κ1) is 9.15. The Morgan fingerprint density at radius 2 is 2.07 bits per heavy atom. The molecule has 2 rings (SSSR count). The van der Waals surface area contributed by atoms with E-state index in [1.54, 1.807) is 6.07 Å². The average Bonchev–Trinajstić information content (AvgIpc) is 2.16. The Kier molecular flexibility index (Phi) is 2.21. The van der Waals surface area contributed by atoms with Gasteiger partial charge in [-0.25, -0.2) is 4.98 Å². The number of carbonyl (C=O) groups is 1. The number of nitrogens with two attached hydrogens (primary N) is 1. The van der Waals surface area contributed by atoms with Crippen molar-refractivity contribution in [3.8, 4) is 0 Å². The lowest BCUT2D eigenvalue weighted by atomic mass is 10.2. The van der Waals surface area contributed by atoms with Crippen molar-refractivity contribution in [3.05, 3.63) is 40.5 Å². The molecule has 0 saturated carbocycles. The van der Waals surface area contributed by atoms with Gasteiger partial charge in [0.05, 0.1) is 5.52 Å². The molecule has 0 aliphatic heterocycles. The van der Waals surface area contributed by atoms with Crippen LogP contribution in [0.3, 0.4) is 0 Å². The van der Waals surface area contributed by atoms with Crippen molar-refractivity contribution in [1.29, 1.82) is 0 Å². The molecule has 1 aromatic carbocycles. The minimum Gasteiger partial charge on any atom is -0.364 e. The monoisotopic (exact) mass is 250 g/mol. The maximum absolute atomic E-state index is 10.9. The fraction of sp³-hybridized carbons (Fsp3) is 0. The van der Waals surface area contributed by atoms with Crippen LogP contribution in [0.15, 0.2) is 34.8 Å². The third-order valence-corrected chi connectivity index (χ3v) is 2.40. The van der Waals surface area contributed by atoms with Crippen molar-refractivity contribution in [2.45, 2.75) is 0 Å². The number of hydrogen-bond donors (Lipinski definition) is 1. The summed E-state index contributed by atoms with van der Waals surface area (Å²) in [6.45, 7) is 0. The van der Waals surface area contributed by atoms with Crippen LogP contribution in [0.5, 0.6) is 0 Å². The van der Waals surface area contributed by atoms with Crippen molar-refractivity contribution < 1.29 is 4.79 Å². The summed E-state index contributed by atoms with van der Waals surface area (Å²) in [7, 11) is 0. The van der Waals surface area contributed by atoms with E-state index in [1.165, 1.54) is 0 Å². The second-order valence-corrected chi connectivity index (χ2v) is 3.81. The molecule has 0 bridgehead atoms. The first-order valence-corrected chi connectivity index (χ1v) is 4.82. The van der Waals surface area contributed by atoms with Crippen LogP contribution in [0.4, 0.5) is 0 Å². The van der Waals surface area contributed by atoms with Crippen molar-refractivity contribution >= 4 is 32.7 Å². The molecule has 1 amide bonds. The number of pyridine rings is 1. The second kappa shape index (κ2) is 3.38. The highest BCUT2D eigenvalue weighted by molar-refractivity contribution is 9.10. The van der Waals surface area contributed by atoms with E-state index in [4.69, 9.17) is 5.73 Å². The van der Waals surface area contributed by atoms with Gasteiger partial charge in [-0.15, -0.1) is 0 Å². The summed E-state index contributed by atoms with van der Waals surface area (Å²) >= 11 is 3.36. The fourth-order valence-corrected chi connectivity index (χ4v) is 1.61. The summed E-state index contributed by atoms with van der Waals surface area (Å²) in [5.74, 6) is -0.505. The number of hydrogen-bond acceptors (Lipinski definition) is 2. The van der Waals surface area contributed by atoms with Crippen molar-refractivity contribution in [2.75, 3.05) is 0 Å². The molecule has 0 aliphatic carbocycles. The van der Waals surface area contributed by atoms with E-state index in [0.29, 0.717) is 5.69 Å². The summed E-state index contributed by atoms with van der Waals surface area (Å²) in [6.07, 6.45) is 0. The number of amides is 1. The molecule has 4 heteroatoms. The quantitative estimate of drug-likeness (QED) is 0.843. The van der Waals surface area contributed by atoms with Gasteiger partial charge in [-0.05, 0) is 24.3 Å². The first-order chi connectivity index (χ1) is 6.66. The smallest absolute Gasteiger partial charge is 0.267 e. The molecule has 2 N–H and O–H groups in total. The standard InChI is InChI=1S/C10H7BrN2O/c11-7-2-4-8-6(5-7)1-3-9(13-8)10(12)14/h1-5H,(H2,12,14). The highest BCUT2D eigenvalue weighted by Gasteiger charge is 2.03. The van der Waals surface area contributed by atoms with Crippen LogP contribution in [-0.2, 0) is 0 Å². The largest absolute Gasteiger partial charge is 0.364 e. The van der Waals surface area contributed by atoms with Crippen LogP contribution in [0.1, 0.15) is 10.5 Å². The van der Waals surface area contributed by atoms with Crippen LogP contribution in [-0.4, -0.2) is 10.9 Å². The van der Waals surface area contributed by atoms with Gasteiger partial charge in [-0.2, -0.15) is 0 Å². The lowest BCUT2D eigenvalue weighted by Crippen LogP contribution is -2.12. The number of nitrogens with zero attached hydrogens (tertiary/aromatic N) is 1. The predicted octanol–water partition coefficient (Wildman–Crippen LogP) is 2.10. The first-order valence-electron chi connectivity index (χ1n) is 4.03. The maximum Gasteiger partial charge on any atom is 0.267 e. The van der Waals surface area contributed by atoms with E-state index < -0.39 is 5.91 Å². The van der Waals surface area contributed by atoms with Gasteiger partial charge in [0, 0.05) is 9.86 Å². The SMILES string of the molecule is NC(=O)c1ccc2cc(Br)ccc2n1. The van der Waals surface area contributed by atoms with Gasteiger partial charge in [-0.3, -0.25) is 4.79 Å². The van der Waals surface area contributed by atoms with Gasteiger partial charge in [0.1, 0.15) is 5.69 Å². The minimum atomic E-state index is -0.505. The van der Waals surface area contributed by atoms with Crippen molar-refractivity contribution in [2.24, 2.45) is 5.73 Å². The lowest BCUT2D eigenvalue weighted by molar-refractivity contribution is 0.0996. The molecule has 1 heterocycles. The minimum absolute atomic E-state index is 0.292. The van der Waals surface area contributed by atoms with E-state index in [-0.39, 0.29) is 0 Å². The van der Waals surface area contributed by atoms with Crippen LogP contribution in [0.25, 0.3) is 10.9 Å². The number of primary amides is 1. The molecule has 0 saturated heterocycles. The Balaban J connectivity index is 2.67. The second-order valence-electron chi connectivity index (χ2n) is 2.90. The van der Waals surface area contributed by atoms with E-state index in [0.717, 1.165) is 15.4 Å². The summed E-state index contributed by atoms with van der Waals surface area (Å²) in [5, 5.41) is 0.976. The molecule has 70 valence electrons. The van der Waals surface area contributed by atoms with Crippen molar-refractivity contribution in [3.63, 3.8) is 0 Å². The topological polar surface area (TPSA) is 56.0 Å². The van der Waals surface area contributed by atoms with Gasteiger partial charge in [0.25, 0.3) is 5.91 Å². The maximum atomic E-state index is 10.9. The molecule has 0 aliphatic rings. The molecule has 1 aromatic heterocycles. The highest BCUT2D eigenvalue weighted by atomic mass is 79.9. The van der Waals surface area contributed by atoms with Gasteiger partial charge in [0.2, 0.25) is 0 Å². The van der Waals surface area contributed by atoms with Gasteiger partial charge in [0.15, 0.2) is 0 Å². The summed E-state index contributed by atoms with van der Waals surface area (Å²) in [4.78, 5) is 15.0. The average molecular weight is 251 g/mol. The molecule has 0 spiro atoms. The predicted molar refractivity (Wildman–Crippen MR) is 58.0 cm³/mol. The summed E-state index contributed by atoms with van der Waals surface area (Å²) < 4.78 is 0.985. The van der Waals surface area contributed by atoms with Gasteiger partial charge >= 0.3 is 0 Å². The zero-order chi connectivity index (χ0) is 10.1. The van der Waals surface area contributed by atoms with Gasteiger partial charge < -0.3 is 5.73 Å². The Bertz CT molecular complexity index is 510. The molecular weight excluding hydrogens is 244 g/mol. The normalized spacial score (nSPS) is 10.4. The van der Waals surface area contributed by atoms with Crippen LogP contribution in [0.2, 0.25) is 0 Å². The number of fused-ring (bicyclic) bond motifs is 1. The molecule has 14 heavy (non-hydrogen) atoms. The van der Waals surface area contributed by atoms with E-state index in [2.05, 4.69) is 20.9 Å². The number of benzene rings is 1. The number of carbonyl (C=O) groups excluding carboxylic acids is 1. The summed E-state index contributed by atoms with van der Waals surface area (Å²) in [6, 6.07) is 9.10. The Labute approximate surface area is 89.1 Å². The van der Waals surface area contributed by atoms with Crippen LogP contribution >= 0.6 is 15.9 Å². The van der Waals surface area contributed by atoms with Crippen LogP contribution < -0.4 is 5.73 Å². The summed E-state index contributed by atoms with van der Waals surface area (Å²) in [5.41, 5.74) is 6.18. The molecule has 3 nitrogen and oxygen atoms in total. The molecule has 0 radical (unpaired) electrons. The Morgan fingerprint density at radius 3 is 2.79 bits per heavy atom. The fourth-order valence-electron chi connectivity index (χ4n) is 1.23. The zero-order valence-electron chi connectivity index (χ0n) is 7.20. The van der Waals surface area contributed by atoms with Gasteiger partial charge in [-0.1, -0.05) is 22.0 Å². The Hall–Kier alpha value is -1.42. The third-order valence-electron chi connectivity index (χ3n) is 1.90. The molecule has 0 fully saturated rings. The molecule has 0 unspecified atom stereocenters. The zero-order valence-corrected chi connectivity index (χ0v) is 8.78. The van der Waals surface area contributed by atoms with Crippen molar-refractivity contribution in [1.82, 2.24) is 4.98 Å². The van der Waals surface area contributed by atoms with Crippen LogP contribution in [0, 0.1) is 0 Å². The highest BCUT2D eigenvalue weighted by Crippen LogP contribution is 2.18. The van der Waals surface area contributed by atoms with E-state index >= 15 is 0 Å². The third kappa shape index (κ3) is 1.61. The number of rotatable bonds is 1.